The summed E-state index contributed by atoms with van der Waals surface area (Å²) >= 11 is 0. The lowest BCUT2D eigenvalue weighted by atomic mass is 9.97. The SMILES string of the molecule is CCc1cccc(CC)c1C1=NC(C)(C)CO1. The second-order valence-electron chi connectivity index (χ2n) is 5.18. The van der Waals surface area contributed by atoms with Gasteiger partial charge in [-0.25, -0.2) is 4.99 Å². The standard InChI is InChI=1S/C15H21NO/c1-5-11-8-7-9-12(6-2)13(11)14-16-15(3,4)10-17-14/h7-9H,5-6,10H2,1-4H3. The summed E-state index contributed by atoms with van der Waals surface area (Å²) in [6.45, 7) is 9.27. The van der Waals surface area contributed by atoms with Gasteiger partial charge in [0.2, 0.25) is 5.90 Å². The van der Waals surface area contributed by atoms with Crippen molar-refractivity contribution in [3.8, 4) is 0 Å². The minimum absolute atomic E-state index is 0.0821. The molecular formula is C15H21NO. The maximum absolute atomic E-state index is 5.79. The van der Waals surface area contributed by atoms with Gasteiger partial charge < -0.3 is 4.74 Å². The number of hydrogen-bond acceptors (Lipinski definition) is 2. The summed E-state index contributed by atoms with van der Waals surface area (Å²) < 4.78 is 5.79. The Labute approximate surface area is 104 Å². The van der Waals surface area contributed by atoms with E-state index in [9.17, 15) is 0 Å². The first-order chi connectivity index (χ1) is 8.07. The van der Waals surface area contributed by atoms with E-state index in [-0.39, 0.29) is 5.54 Å². The molecule has 1 heterocycles. The summed E-state index contributed by atoms with van der Waals surface area (Å²) in [5, 5.41) is 0. The molecule has 1 aromatic rings. The van der Waals surface area contributed by atoms with Gasteiger partial charge in [0.25, 0.3) is 0 Å². The maximum atomic E-state index is 5.79. The zero-order chi connectivity index (χ0) is 12.5. The number of benzene rings is 1. The van der Waals surface area contributed by atoms with Gasteiger partial charge in [0.1, 0.15) is 6.61 Å². The second kappa shape index (κ2) is 4.52. The van der Waals surface area contributed by atoms with E-state index in [0.29, 0.717) is 6.61 Å². The number of aryl methyl sites for hydroxylation is 2. The van der Waals surface area contributed by atoms with Gasteiger partial charge in [-0.05, 0) is 37.8 Å². The van der Waals surface area contributed by atoms with Crippen LogP contribution >= 0.6 is 0 Å². The topological polar surface area (TPSA) is 21.6 Å². The van der Waals surface area contributed by atoms with E-state index in [0.717, 1.165) is 18.7 Å². The summed E-state index contributed by atoms with van der Waals surface area (Å²) in [6.07, 6.45) is 2.04. The van der Waals surface area contributed by atoms with E-state index in [1.54, 1.807) is 0 Å². The molecular weight excluding hydrogens is 210 g/mol. The predicted molar refractivity (Wildman–Crippen MR) is 71.8 cm³/mol. The summed E-state index contributed by atoms with van der Waals surface area (Å²) in [5.74, 6) is 0.837. The van der Waals surface area contributed by atoms with E-state index in [2.05, 4.69) is 45.9 Å². The molecule has 0 saturated carbocycles. The van der Waals surface area contributed by atoms with Gasteiger partial charge in [-0.2, -0.15) is 0 Å². The van der Waals surface area contributed by atoms with Crippen molar-refractivity contribution in [2.24, 2.45) is 4.99 Å². The average molecular weight is 231 g/mol. The van der Waals surface area contributed by atoms with Crippen molar-refractivity contribution < 1.29 is 4.74 Å². The largest absolute Gasteiger partial charge is 0.475 e. The Balaban J connectivity index is 2.51. The van der Waals surface area contributed by atoms with Gasteiger partial charge >= 0.3 is 0 Å². The molecule has 0 saturated heterocycles. The summed E-state index contributed by atoms with van der Waals surface area (Å²) in [5.41, 5.74) is 3.81. The highest BCUT2D eigenvalue weighted by Crippen LogP contribution is 2.25. The Morgan fingerprint density at radius 2 is 1.76 bits per heavy atom. The number of hydrogen-bond donors (Lipinski definition) is 0. The fourth-order valence-electron chi connectivity index (χ4n) is 2.23. The van der Waals surface area contributed by atoms with Crippen LogP contribution in [0.25, 0.3) is 0 Å². The smallest absolute Gasteiger partial charge is 0.217 e. The normalized spacial score (nSPS) is 17.8. The Kier molecular flexibility index (Phi) is 3.23. The minimum atomic E-state index is -0.0821. The molecule has 2 heteroatoms. The zero-order valence-corrected chi connectivity index (χ0v) is 11.2. The van der Waals surface area contributed by atoms with Crippen LogP contribution in [0.3, 0.4) is 0 Å². The molecule has 0 unspecified atom stereocenters. The second-order valence-corrected chi connectivity index (χ2v) is 5.18. The van der Waals surface area contributed by atoms with Gasteiger partial charge in [-0.15, -0.1) is 0 Å². The minimum Gasteiger partial charge on any atom is -0.475 e. The number of nitrogens with zero attached hydrogens (tertiary/aromatic N) is 1. The van der Waals surface area contributed by atoms with Crippen molar-refractivity contribution in [2.45, 2.75) is 46.1 Å². The van der Waals surface area contributed by atoms with E-state index in [1.807, 2.05) is 0 Å². The van der Waals surface area contributed by atoms with Crippen LogP contribution < -0.4 is 0 Å². The summed E-state index contributed by atoms with van der Waals surface area (Å²) in [4.78, 5) is 4.70. The van der Waals surface area contributed by atoms with Gasteiger partial charge in [0, 0.05) is 5.56 Å². The molecule has 1 aliphatic rings. The molecule has 1 aliphatic heterocycles. The van der Waals surface area contributed by atoms with Crippen molar-refractivity contribution in [2.75, 3.05) is 6.61 Å². The van der Waals surface area contributed by atoms with Gasteiger partial charge in [-0.3, -0.25) is 0 Å². The Hall–Kier alpha value is -1.31. The van der Waals surface area contributed by atoms with Crippen LogP contribution in [0.15, 0.2) is 23.2 Å². The molecule has 17 heavy (non-hydrogen) atoms. The molecule has 0 N–H and O–H groups in total. The summed E-state index contributed by atoms with van der Waals surface area (Å²) in [6, 6.07) is 6.47. The molecule has 0 aliphatic carbocycles. The molecule has 1 aromatic carbocycles. The zero-order valence-electron chi connectivity index (χ0n) is 11.2. The van der Waals surface area contributed by atoms with Gasteiger partial charge in [0.05, 0.1) is 5.54 Å². The highest BCUT2D eigenvalue weighted by molar-refractivity contribution is 5.98. The van der Waals surface area contributed by atoms with Crippen LogP contribution in [0, 0.1) is 0 Å². The number of ether oxygens (including phenoxy) is 1. The first-order valence-electron chi connectivity index (χ1n) is 6.41. The lowest BCUT2D eigenvalue weighted by Crippen LogP contribution is -2.17. The van der Waals surface area contributed by atoms with Crippen LogP contribution in [0.1, 0.15) is 44.4 Å². The van der Waals surface area contributed by atoms with Crippen LogP contribution in [0.5, 0.6) is 0 Å². The predicted octanol–water partition coefficient (Wildman–Crippen LogP) is 3.37. The van der Waals surface area contributed by atoms with E-state index in [4.69, 9.17) is 9.73 Å². The van der Waals surface area contributed by atoms with Crippen molar-refractivity contribution in [1.29, 1.82) is 0 Å². The van der Waals surface area contributed by atoms with E-state index >= 15 is 0 Å². The summed E-state index contributed by atoms with van der Waals surface area (Å²) in [7, 11) is 0. The van der Waals surface area contributed by atoms with Crippen molar-refractivity contribution in [3.05, 3.63) is 34.9 Å². The molecule has 0 amide bonds. The molecule has 0 fully saturated rings. The Morgan fingerprint density at radius 3 is 2.18 bits per heavy atom. The quantitative estimate of drug-likeness (QED) is 0.781. The third-order valence-corrected chi connectivity index (χ3v) is 3.18. The van der Waals surface area contributed by atoms with Crippen LogP contribution in [0.4, 0.5) is 0 Å². The fourth-order valence-corrected chi connectivity index (χ4v) is 2.23. The average Bonchev–Trinajstić information content (AvgIpc) is 2.68. The molecule has 0 aromatic heterocycles. The molecule has 0 bridgehead atoms. The molecule has 92 valence electrons. The lowest BCUT2D eigenvalue weighted by molar-refractivity contribution is 0.279. The van der Waals surface area contributed by atoms with Gasteiger partial charge in [-0.1, -0.05) is 32.0 Å². The third kappa shape index (κ3) is 2.36. The third-order valence-electron chi connectivity index (χ3n) is 3.18. The van der Waals surface area contributed by atoms with Crippen molar-refractivity contribution >= 4 is 5.90 Å². The molecule has 2 nitrogen and oxygen atoms in total. The van der Waals surface area contributed by atoms with Crippen LogP contribution in [-0.4, -0.2) is 18.0 Å². The lowest BCUT2D eigenvalue weighted by Gasteiger charge is -2.12. The van der Waals surface area contributed by atoms with E-state index in [1.165, 1.54) is 16.7 Å². The Morgan fingerprint density at radius 1 is 1.18 bits per heavy atom. The molecule has 0 radical (unpaired) electrons. The molecule has 2 rings (SSSR count). The van der Waals surface area contributed by atoms with Crippen molar-refractivity contribution in [1.82, 2.24) is 0 Å². The van der Waals surface area contributed by atoms with Crippen LogP contribution in [0.2, 0.25) is 0 Å². The fraction of sp³-hybridized carbons (Fsp3) is 0.533. The maximum Gasteiger partial charge on any atom is 0.217 e. The monoisotopic (exact) mass is 231 g/mol. The first-order valence-corrected chi connectivity index (χ1v) is 6.41. The van der Waals surface area contributed by atoms with Gasteiger partial charge in [0.15, 0.2) is 0 Å². The Bertz CT molecular complexity index is 424. The molecule has 0 atom stereocenters. The van der Waals surface area contributed by atoms with Crippen LogP contribution in [-0.2, 0) is 17.6 Å². The van der Waals surface area contributed by atoms with E-state index < -0.39 is 0 Å². The first kappa shape index (κ1) is 12.2. The van der Waals surface area contributed by atoms with Crippen molar-refractivity contribution in [3.63, 3.8) is 0 Å². The molecule has 0 spiro atoms. The number of aliphatic imine (C=N–C) groups is 1. The highest BCUT2D eigenvalue weighted by Gasteiger charge is 2.28. The highest BCUT2D eigenvalue weighted by atomic mass is 16.5. The number of rotatable bonds is 3.